The second-order valence-electron chi connectivity index (χ2n) is 8.59. The van der Waals surface area contributed by atoms with Gasteiger partial charge in [-0.05, 0) is 11.0 Å². The lowest BCUT2D eigenvalue weighted by atomic mass is 9.71. The van der Waals surface area contributed by atoms with Gasteiger partial charge in [0.2, 0.25) is 0 Å². The van der Waals surface area contributed by atoms with Gasteiger partial charge >= 0.3 is 5.69 Å². The van der Waals surface area contributed by atoms with E-state index >= 15 is 0 Å². The number of non-ortho nitro benzene ring substituents is 1. The molecule has 0 saturated heterocycles. The molecule has 0 fully saturated rings. The van der Waals surface area contributed by atoms with Gasteiger partial charge in [-0.3, -0.25) is 28.8 Å². The number of nitrogens with zero attached hydrogens (tertiary/aromatic N) is 3. The maximum absolute atomic E-state index is 13.1. The number of allylic oxidation sites excluding steroid dienone is 2. The number of aliphatic hydroxyl groups excluding tert-OH is 1. The van der Waals surface area contributed by atoms with E-state index < -0.39 is 27.5 Å². The standard InChI is InChI=1S/C21H24N4O6/c1-21(2)9-13(26)16(14(27)10-21)15(11-5-7-12(8-6-11)25(30)31)17-18(22)23(3)20(29)24(4)19(17)28/h5-8,15,26H,9-10,22H2,1-4H3. The van der Waals surface area contributed by atoms with Crippen molar-refractivity contribution in [2.24, 2.45) is 19.5 Å². The summed E-state index contributed by atoms with van der Waals surface area (Å²) >= 11 is 0. The molecule has 0 amide bonds. The third-order valence-corrected chi connectivity index (χ3v) is 5.66. The zero-order valence-electron chi connectivity index (χ0n) is 17.7. The molecule has 0 spiro atoms. The number of benzene rings is 1. The quantitative estimate of drug-likeness (QED) is 0.557. The van der Waals surface area contributed by atoms with Gasteiger partial charge in [0, 0.05) is 50.6 Å². The van der Waals surface area contributed by atoms with E-state index in [4.69, 9.17) is 5.73 Å². The molecule has 0 saturated carbocycles. The Morgan fingerprint density at radius 2 is 1.68 bits per heavy atom. The van der Waals surface area contributed by atoms with Crippen LogP contribution in [0, 0.1) is 15.5 Å². The van der Waals surface area contributed by atoms with Crippen LogP contribution in [0.15, 0.2) is 45.2 Å². The molecule has 0 bridgehead atoms. The number of hydrogen-bond donors (Lipinski definition) is 2. The molecule has 3 rings (SSSR count). The van der Waals surface area contributed by atoms with Crippen LogP contribution < -0.4 is 17.0 Å². The van der Waals surface area contributed by atoms with Gasteiger partial charge < -0.3 is 10.8 Å². The first kappa shape index (κ1) is 22.0. The van der Waals surface area contributed by atoms with Gasteiger partial charge in [-0.1, -0.05) is 26.0 Å². The number of carbonyl (C=O) groups excluding carboxylic acids is 1. The van der Waals surface area contributed by atoms with Gasteiger partial charge in [-0.25, -0.2) is 4.79 Å². The van der Waals surface area contributed by atoms with Crippen molar-refractivity contribution in [2.45, 2.75) is 32.6 Å². The molecule has 0 radical (unpaired) electrons. The van der Waals surface area contributed by atoms with Gasteiger partial charge in [-0.15, -0.1) is 0 Å². The van der Waals surface area contributed by atoms with Crippen LogP contribution in [0.5, 0.6) is 0 Å². The summed E-state index contributed by atoms with van der Waals surface area (Å²) in [5.41, 5.74) is 4.49. The third kappa shape index (κ3) is 3.76. The molecular weight excluding hydrogens is 404 g/mol. The number of Topliss-reactive ketones (excluding diaryl/α,β-unsaturated/α-hetero) is 1. The average Bonchev–Trinajstić information content (AvgIpc) is 2.68. The molecule has 0 aliphatic heterocycles. The lowest BCUT2D eigenvalue weighted by Crippen LogP contribution is -2.42. The van der Waals surface area contributed by atoms with E-state index in [0.29, 0.717) is 5.56 Å². The van der Waals surface area contributed by atoms with E-state index in [1.54, 1.807) is 0 Å². The number of anilines is 1. The summed E-state index contributed by atoms with van der Waals surface area (Å²) in [6.07, 6.45) is 0.353. The Morgan fingerprint density at radius 3 is 2.19 bits per heavy atom. The van der Waals surface area contributed by atoms with Crippen LogP contribution in [-0.2, 0) is 18.9 Å². The Hall–Kier alpha value is -3.69. The van der Waals surface area contributed by atoms with E-state index in [0.717, 1.165) is 9.13 Å². The molecule has 1 aliphatic rings. The van der Waals surface area contributed by atoms with Crippen LogP contribution in [0.25, 0.3) is 0 Å². The number of nitro groups is 1. The highest BCUT2D eigenvalue weighted by Gasteiger charge is 2.39. The van der Waals surface area contributed by atoms with Crippen LogP contribution in [0.2, 0.25) is 0 Å². The molecule has 2 aromatic rings. The first-order valence-electron chi connectivity index (χ1n) is 9.60. The molecule has 10 nitrogen and oxygen atoms in total. The molecule has 1 heterocycles. The average molecular weight is 428 g/mol. The van der Waals surface area contributed by atoms with Crippen LogP contribution >= 0.6 is 0 Å². The first-order chi connectivity index (χ1) is 14.4. The second-order valence-corrected chi connectivity index (χ2v) is 8.59. The fraction of sp³-hybridized carbons (Fsp3) is 0.381. The Balaban J connectivity index is 2.38. The molecule has 164 valence electrons. The number of nitrogens with two attached hydrogens (primary N) is 1. The Kier molecular flexibility index (Phi) is 5.35. The van der Waals surface area contributed by atoms with Gasteiger partial charge in [0.05, 0.1) is 10.5 Å². The number of aliphatic hydroxyl groups is 1. The molecular formula is C21H24N4O6. The van der Waals surface area contributed by atoms with Crippen LogP contribution in [-0.4, -0.2) is 24.9 Å². The fourth-order valence-corrected chi connectivity index (χ4v) is 4.05. The summed E-state index contributed by atoms with van der Waals surface area (Å²) in [7, 11) is 2.69. The zero-order valence-corrected chi connectivity index (χ0v) is 17.7. The molecule has 1 atom stereocenters. The number of aromatic nitrogens is 2. The molecule has 31 heavy (non-hydrogen) atoms. The van der Waals surface area contributed by atoms with Crippen molar-refractivity contribution in [1.82, 2.24) is 9.13 Å². The smallest absolute Gasteiger partial charge is 0.332 e. The Morgan fingerprint density at radius 1 is 1.10 bits per heavy atom. The van der Waals surface area contributed by atoms with Crippen molar-refractivity contribution in [2.75, 3.05) is 5.73 Å². The fourth-order valence-electron chi connectivity index (χ4n) is 4.05. The summed E-state index contributed by atoms with van der Waals surface area (Å²) < 4.78 is 1.96. The highest BCUT2D eigenvalue weighted by molar-refractivity contribution is 5.99. The number of carbonyl (C=O) groups is 1. The Bertz CT molecular complexity index is 1230. The van der Waals surface area contributed by atoms with Crippen molar-refractivity contribution in [3.63, 3.8) is 0 Å². The van der Waals surface area contributed by atoms with Crippen molar-refractivity contribution < 1.29 is 14.8 Å². The van der Waals surface area contributed by atoms with Crippen molar-refractivity contribution in [3.05, 3.63) is 77.7 Å². The number of hydrogen-bond acceptors (Lipinski definition) is 7. The molecule has 1 unspecified atom stereocenters. The van der Waals surface area contributed by atoms with E-state index in [9.17, 15) is 29.6 Å². The number of nitro benzene ring substituents is 1. The van der Waals surface area contributed by atoms with Crippen LogP contribution in [0.4, 0.5) is 11.5 Å². The Labute approximate surface area is 177 Å². The summed E-state index contributed by atoms with van der Waals surface area (Å²) in [5.74, 6) is -1.75. The van der Waals surface area contributed by atoms with Gasteiger partial charge in [0.1, 0.15) is 11.6 Å². The summed E-state index contributed by atoms with van der Waals surface area (Å²) in [6, 6.07) is 5.33. The topological polar surface area (TPSA) is 150 Å². The second kappa shape index (κ2) is 7.53. The molecule has 1 aromatic carbocycles. The monoisotopic (exact) mass is 428 g/mol. The predicted molar refractivity (Wildman–Crippen MR) is 114 cm³/mol. The summed E-state index contributed by atoms with van der Waals surface area (Å²) in [5, 5.41) is 21.9. The van der Waals surface area contributed by atoms with E-state index in [2.05, 4.69) is 0 Å². The SMILES string of the molecule is Cn1c(N)c(C(C2=C(O)CC(C)(C)CC2=O)c2ccc([N+](=O)[O-])cc2)c(=O)n(C)c1=O. The molecule has 10 heteroatoms. The van der Waals surface area contributed by atoms with Gasteiger partial charge in [0.15, 0.2) is 5.78 Å². The minimum Gasteiger partial charge on any atom is -0.512 e. The number of rotatable bonds is 4. The van der Waals surface area contributed by atoms with Crippen LogP contribution in [0.1, 0.15) is 43.7 Å². The highest BCUT2D eigenvalue weighted by atomic mass is 16.6. The summed E-state index contributed by atoms with van der Waals surface area (Å²) in [6.45, 7) is 3.69. The minimum absolute atomic E-state index is 0.00984. The molecule has 1 aromatic heterocycles. The molecule has 3 N–H and O–H groups in total. The number of nitrogen functional groups attached to an aromatic ring is 1. The van der Waals surface area contributed by atoms with E-state index in [1.165, 1.54) is 38.4 Å². The highest BCUT2D eigenvalue weighted by Crippen LogP contribution is 2.43. The lowest BCUT2D eigenvalue weighted by molar-refractivity contribution is -0.384. The summed E-state index contributed by atoms with van der Waals surface area (Å²) in [4.78, 5) is 48.9. The van der Waals surface area contributed by atoms with E-state index in [1.807, 2.05) is 13.8 Å². The minimum atomic E-state index is -1.09. The lowest BCUT2D eigenvalue weighted by Gasteiger charge is -2.33. The van der Waals surface area contributed by atoms with Gasteiger partial charge in [0.25, 0.3) is 11.2 Å². The van der Waals surface area contributed by atoms with Gasteiger partial charge in [-0.2, -0.15) is 0 Å². The van der Waals surface area contributed by atoms with Crippen LogP contribution in [0.3, 0.4) is 0 Å². The normalized spacial score (nSPS) is 17.0. The van der Waals surface area contributed by atoms with Crippen molar-refractivity contribution in [3.8, 4) is 0 Å². The first-order valence-corrected chi connectivity index (χ1v) is 9.60. The predicted octanol–water partition coefficient (Wildman–Crippen LogP) is 1.91. The molecule has 1 aliphatic carbocycles. The maximum Gasteiger partial charge on any atom is 0.332 e. The maximum atomic E-state index is 13.1. The third-order valence-electron chi connectivity index (χ3n) is 5.66. The number of ketones is 1. The van der Waals surface area contributed by atoms with Crippen molar-refractivity contribution >= 4 is 17.3 Å². The zero-order chi connectivity index (χ0) is 23.2. The van der Waals surface area contributed by atoms with E-state index in [-0.39, 0.29) is 47.0 Å². The largest absolute Gasteiger partial charge is 0.512 e. The van der Waals surface area contributed by atoms with Crippen molar-refractivity contribution in [1.29, 1.82) is 0 Å².